The van der Waals surface area contributed by atoms with Crippen LogP contribution in [0.4, 0.5) is 0 Å². The summed E-state index contributed by atoms with van der Waals surface area (Å²) in [5.41, 5.74) is 2.31. The number of aromatic nitrogens is 2. The maximum Gasteiger partial charge on any atom is 0.191 e. The second kappa shape index (κ2) is 13.2. The Morgan fingerprint density at radius 2 is 2.15 bits per heavy atom. The molecule has 0 saturated heterocycles. The largest absolute Gasteiger partial charge is 0.489 e. The second-order valence-corrected chi connectivity index (χ2v) is 5.96. The van der Waals surface area contributed by atoms with Crippen molar-refractivity contribution < 1.29 is 4.74 Å². The molecule has 0 spiro atoms. The minimum absolute atomic E-state index is 0. The first-order chi connectivity index (χ1) is 12.7. The van der Waals surface area contributed by atoms with Crippen molar-refractivity contribution in [2.24, 2.45) is 12.0 Å². The molecule has 0 amide bonds. The topological polar surface area (TPSA) is 63.5 Å². The number of hydrogen-bond donors (Lipinski definition) is 2. The normalized spacial score (nSPS) is 10.8. The third-order valence-corrected chi connectivity index (χ3v) is 3.77. The molecule has 0 unspecified atom stereocenters. The summed E-state index contributed by atoms with van der Waals surface area (Å²) in [6, 6.07) is 7.96. The van der Waals surface area contributed by atoms with Crippen LogP contribution in [0.5, 0.6) is 5.75 Å². The Morgan fingerprint density at radius 3 is 2.85 bits per heavy atom. The highest BCUT2D eigenvalue weighted by Gasteiger charge is 2.03. The van der Waals surface area contributed by atoms with Crippen molar-refractivity contribution in [1.82, 2.24) is 20.4 Å². The smallest absolute Gasteiger partial charge is 0.191 e. The van der Waals surface area contributed by atoms with Crippen LogP contribution in [-0.2, 0) is 20.0 Å². The molecule has 1 heterocycles. The minimum Gasteiger partial charge on any atom is -0.489 e. The van der Waals surface area contributed by atoms with Gasteiger partial charge in [0.05, 0.1) is 12.7 Å². The lowest BCUT2D eigenvalue weighted by atomic mass is 10.2. The van der Waals surface area contributed by atoms with Crippen LogP contribution in [-0.4, -0.2) is 35.4 Å². The van der Waals surface area contributed by atoms with Gasteiger partial charge in [0.2, 0.25) is 0 Å². The van der Waals surface area contributed by atoms with E-state index < -0.39 is 0 Å². The average molecular weight is 483 g/mol. The number of rotatable bonds is 10. The summed E-state index contributed by atoms with van der Waals surface area (Å²) in [6.07, 6.45) is 7.74. The summed E-state index contributed by atoms with van der Waals surface area (Å²) in [5, 5.41) is 10.9. The first-order valence-corrected chi connectivity index (χ1v) is 9.04. The highest BCUT2D eigenvalue weighted by Crippen LogP contribution is 2.18. The molecule has 7 heteroatoms. The van der Waals surface area contributed by atoms with E-state index in [0.29, 0.717) is 13.2 Å². The Bertz CT molecular complexity index is 714. The van der Waals surface area contributed by atoms with Crippen molar-refractivity contribution >= 4 is 29.9 Å². The van der Waals surface area contributed by atoms with Crippen molar-refractivity contribution in [2.45, 2.75) is 26.3 Å². The molecule has 6 nitrogen and oxygen atoms in total. The summed E-state index contributed by atoms with van der Waals surface area (Å²) >= 11 is 0. The van der Waals surface area contributed by atoms with Crippen LogP contribution in [0.3, 0.4) is 0 Å². The Morgan fingerprint density at radius 1 is 1.33 bits per heavy atom. The van der Waals surface area contributed by atoms with E-state index in [4.69, 9.17) is 4.74 Å². The zero-order chi connectivity index (χ0) is 18.6. The van der Waals surface area contributed by atoms with Crippen molar-refractivity contribution in [1.29, 1.82) is 0 Å². The van der Waals surface area contributed by atoms with Gasteiger partial charge in [-0.15, -0.1) is 24.0 Å². The van der Waals surface area contributed by atoms with Crippen molar-refractivity contribution in [3.8, 4) is 5.75 Å². The molecule has 0 aliphatic heterocycles. The van der Waals surface area contributed by atoms with E-state index >= 15 is 0 Å². The summed E-state index contributed by atoms with van der Waals surface area (Å²) in [5.74, 6) is 1.67. The number of nitrogens with zero attached hydrogens (tertiary/aromatic N) is 3. The van der Waals surface area contributed by atoms with Crippen LogP contribution < -0.4 is 15.4 Å². The van der Waals surface area contributed by atoms with Crippen LogP contribution in [0.2, 0.25) is 0 Å². The van der Waals surface area contributed by atoms with Crippen LogP contribution >= 0.6 is 24.0 Å². The molecular formula is C20H30IN5O. The van der Waals surface area contributed by atoms with Crippen LogP contribution in [0.1, 0.15) is 24.5 Å². The molecule has 0 atom stereocenters. The van der Waals surface area contributed by atoms with Crippen LogP contribution in [0.15, 0.2) is 54.3 Å². The number of nitrogens with one attached hydrogen (secondary N) is 2. The third-order valence-electron chi connectivity index (χ3n) is 3.77. The standard InChI is InChI=1S/C20H29N5O.HI/c1-4-13-26-19-11-7-6-10-18(19)15-23-20(21-5-2)22-12-8-9-17-14-24-25(3)16-17;/h4,6-7,10-11,14,16H,1,5,8-9,12-13,15H2,2-3H3,(H2,21,22,23);1H. The number of benzene rings is 1. The zero-order valence-electron chi connectivity index (χ0n) is 16.1. The minimum atomic E-state index is 0. The zero-order valence-corrected chi connectivity index (χ0v) is 18.5. The number of guanidine groups is 1. The number of halogens is 1. The van der Waals surface area contributed by atoms with Gasteiger partial charge in [-0.1, -0.05) is 30.9 Å². The van der Waals surface area contributed by atoms with E-state index in [1.54, 1.807) is 6.08 Å². The number of para-hydroxylation sites is 1. The van der Waals surface area contributed by atoms with Gasteiger partial charge >= 0.3 is 0 Å². The Balaban J connectivity index is 0.00000364. The maximum atomic E-state index is 5.69. The predicted molar refractivity (Wildman–Crippen MR) is 122 cm³/mol. The first kappa shape index (κ1) is 23.0. The molecule has 0 fully saturated rings. The molecule has 2 rings (SSSR count). The molecular weight excluding hydrogens is 453 g/mol. The van der Waals surface area contributed by atoms with Gasteiger partial charge in [0.1, 0.15) is 12.4 Å². The third kappa shape index (κ3) is 8.47. The number of aryl methyl sites for hydroxylation is 2. The van der Waals surface area contributed by atoms with Gasteiger partial charge < -0.3 is 15.4 Å². The highest BCUT2D eigenvalue weighted by atomic mass is 127. The van der Waals surface area contributed by atoms with E-state index in [1.807, 2.05) is 42.2 Å². The van der Waals surface area contributed by atoms with E-state index in [1.165, 1.54) is 5.56 Å². The summed E-state index contributed by atoms with van der Waals surface area (Å²) in [6.45, 7) is 8.49. The molecule has 0 saturated carbocycles. The molecule has 0 bridgehead atoms. The molecule has 2 N–H and O–H groups in total. The second-order valence-electron chi connectivity index (χ2n) is 5.96. The molecule has 148 valence electrons. The van der Waals surface area contributed by atoms with Gasteiger partial charge in [-0.25, -0.2) is 4.99 Å². The van der Waals surface area contributed by atoms with Gasteiger partial charge in [-0.05, 0) is 31.4 Å². The molecule has 1 aromatic carbocycles. The fourth-order valence-electron chi connectivity index (χ4n) is 2.53. The molecule has 27 heavy (non-hydrogen) atoms. The number of hydrogen-bond acceptors (Lipinski definition) is 3. The van der Waals surface area contributed by atoms with Gasteiger partial charge in [0.25, 0.3) is 0 Å². The molecule has 0 radical (unpaired) electrons. The van der Waals surface area contributed by atoms with Gasteiger partial charge in [0.15, 0.2) is 5.96 Å². The SMILES string of the molecule is C=CCOc1ccccc1CN=C(NCC)NCCCc1cnn(C)c1.I. The van der Waals surface area contributed by atoms with E-state index in [0.717, 1.165) is 43.2 Å². The van der Waals surface area contributed by atoms with Crippen molar-refractivity contribution in [3.05, 3.63) is 60.4 Å². The van der Waals surface area contributed by atoms with Gasteiger partial charge in [-0.2, -0.15) is 5.10 Å². The molecule has 1 aromatic heterocycles. The monoisotopic (exact) mass is 483 g/mol. The van der Waals surface area contributed by atoms with Gasteiger partial charge in [0, 0.05) is 31.9 Å². The molecule has 0 aliphatic carbocycles. The van der Waals surface area contributed by atoms with Crippen LogP contribution in [0.25, 0.3) is 0 Å². The van der Waals surface area contributed by atoms with E-state index in [2.05, 4.69) is 40.4 Å². The average Bonchev–Trinajstić information content (AvgIpc) is 3.07. The Kier molecular flexibility index (Phi) is 11.2. The molecule has 2 aromatic rings. The maximum absolute atomic E-state index is 5.69. The fraction of sp³-hybridized carbons (Fsp3) is 0.400. The van der Waals surface area contributed by atoms with E-state index in [9.17, 15) is 0 Å². The first-order valence-electron chi connectivity index (χ1n) is 9.04. The van der Waals surface area contributed by atoms with Gasteiger partial charge in [-0.3, -0.25) is 4.68 Å². The fourth-order valence-corrected chi connectivity index (χ4v) is 2.53. The number of aliphatic imine (C=N–C) groups is 1. The van der Waals surface area contributed by atoms with Crippen molar-refractivity contribution in [3.63, 3.8) is 0 Å². The summed E-state index contributed by atoms with van der Waals surface area (Å²) in [4.78, 5) is 4.67. The Labute approximate surface area is 179 Å². The lowest BCUT2D eigenvalue weighted by Gasteiger charge is -2.12. The van der Waals surface area contributed by atoms with E-state index in [-0.39, 0.29) is 24.0 Å². The summed E-state index contributed by atoms with van der Waals surface area (Å²) in [7, 11) is 1.94. The lowest BCUT2D eigenvalue weighted by molar-refractivity contribution is 0.359. The van der Waals surface area contributed by atoms with Crippen LogP contribution in [0, 0.1) is 0 Å². The molecule has 0 aliphatic rings. The predicted octanol–water partition coefficient (Wildman–Crippen LogP) is 3.29. The highest BCUT2D eigenvalue weighted by molar-refractivity contribution is 14.0. The van der Waals surface area contributed by atoms with Crippen molar-refractivity contribution in [2.75, 3.05) is 19.7 Å². The summed E-state index contributed by atoms with van der Waals surface area (Å²) < 4.78 is 7.53. The number of ether oxygens (including phenoxy) is 1. The Hall–Kier alpha value is -2.03. The lowest BCUT2D eigenvalue weighted by Crippen LogP contribution is -2.37. The quantitative estimate of drug-likeness (QED) is 0.179.